The van der Waals surface area contributed by atoms with Crippen molar-refractivity contribution >= 4 is 24.7 Å². The molecular weight excluding hydrogens is 347 g/mol. The van der Waals surface area contributed by atoms with Crippen LogP contribution in [0.4, 0.5) is 4.39 Å². The van der Waals surface area contributed by atoms with Gasteiger partial charge in [-0.25, -0.2) is 4.39 Å². The molecule has 5 heteroatoms. The van der Waals surface area contributed by atoms with E-state index in [4.69, 9.17) is 9.16 Å². The maximum Gasteiger partial charge on any atom is 0.309 e. The summed E-state index contributed by atoms with van der Waals surface area (Å²) in [5.41, 5.74) is -1.76. The van der Waals surface area contributed by atoms with E-state index in [-0.39, 0.29) is 24.7 Å². The van der Waals surface area contributed by atoms with Crippen LogP contribution in [0.2, 0.25) is 5.04 Å². The molecular formula is C21H25FO3Si. The van der Waals surface area contributed by atoms with Gasteiger partial charge in [-0.15, -0.1) is 0 Å². The number of alkyl halides is 1. The predicted octanol–water partition coefficient (Wildman–Crippen LogP) is 3.22. The van der Waals surface area contributed by atoms with Crippen LogP contribution in [-0.2, 0) is 14.0 Å². The highest BCUT2D eigenvalue weighted by Crippen LogP contribution is 2.38. The highest BCUT2D eigenvalue weighted by molar-refractivity contribution is 6.99. The Hall–Kier alpha value is -1.98. The Balaban J connectivity index is 2.07. The summed E-state index contributed by atoms with van der Waals surface area (Å²) in [5.74, 6) is -0.501. The van der Waals surface area contributed by atoms with Crippen molar-refractivity contribution in [2.24, 2.45) is 0 Å². The predicted molar refractivity (Wildman–Crippen MR) is 103 cm³/mol. The number of benzene rings is 2. The number of cyclic esters (lactones) is 1. The molecule has 2 aromatic rings. The van der Waals surface area contributed by atoms with E-state index in [1.165, 1.54) is 0 Å². The average Bonchev–Trinajstić information content (AvgIpc) is 2.95. The molecule has 3 rings (SSSR count). The molecule has 1 aliphatic rings. The van der Waals surface area contributed by atoms with Gasteiger partial charge >= 0.3 is 5.97 Å². The van der Waals surface area contributed by atoms with Gasteiger partial charge in [0.05, 0.1) is 13.0 Å². The van der Waals surface area contributed by atoms with Crippen LogP contribution >= 0.6 is 0 Å². The van der Waals surface area contributed by atoms with Crippen LogP contribution in [0.5, 0.6) is 0 Å². The van der Waals surface area contributed by atoms with Crippen molar-refractivity contribution < 1.29 is 18.3 Å². The molecule has 138 valence electrons. The van der Waals surface area contributed by atoms with E-state index >= 15 is 4.39 Å². The Bertz CT molecular complexity index is 718. The molecule has 0 N–H and O–H groups in total. The van der Waals surface area contributed by atoms with Crippen LogP contribution < -0.4 is 10.4 Å². The maximum absolute atomic E-state index is 15.1. The van der Waals surface area contributed by atoms with Crippen LogP contribution in [-0.4, -0.2) is 33.2 Å². The summed E-state index contributed by atoms with van der Waals surface area (Å²) in [5, 5.41) is 1.95. The molecule has 0 radical (unpaired) electrons. The zero-order valence-electron chi connectivity index (χ0n) is 15.5. The minimum absolute atomic E-state index is 0.147. The van der Waals surface area contributed by atoms with Gasteiger partial charge in [-0.2, -0.15) is 0 Å². The number of ether oxygens (including phenoxy) is 1. The molecule has 1 fully saturated rings. The summed E-state index contributed by atoms with van der Waals surface area (Å²) in [6.07, 6.45) is -0.245. The summed E-state index contributed by atoms with van der Waals surface area (Å²) >= 11 is 0. The highest BCUT2D eigenvalue weighted by Gasteiger charge is 2.52. The van der Waals surface area contributed by atoms with E-state index < -0.39 is 20.0 Å². The quantitative estimate of drug-likeness (QED) is 0.597. The summed E-state index contributed by atoms with van der Waals surface area (Å²) in [6.45, 7) is 6.04. The Morgan fingerprint density at radius 2 is 1.54 bits per heavy atom. The van der Waals surface area contributed by atoms with Gasteiger partial charge < -0.3 is 9.16 Å². The lowest BCUT2D eigenvalue weighted by Crippen LogP contribution is -2.67. The zero-order valence-corrected chi connectivity index (χ0v) is 16.5. The zero-order chi connectivity index (χ0) is 18.8. The third kappa shape index (κ3) is 3.46. The van der Waals surface area contributed by atoms with E-state index in [0.29, 0.717) is 0 Å². The molecule has 1 atom stereocenters. The van der Waals surface area contributed by atoms with Gasteiger partial charge in [-0.05, 0) is 15.4 Å². The van der Waals surface area contributed by atoms with E-state index in [2.05, 4.69) is 45.0 Å². The van der Waals surface area contributed by atoms with Crippen LogP contribution in [0.1, 0.15) is 27.2 Å². The second kappa shape index (κ2) is 6.97. The third-order valence-electron chi connectivity index (χ3n) is 4.92. The summed E-state index contributed by atoms with van der Waals surface area (Å²) in [4.78, 5) is 11.4. The summed E-state index contributed by atoms with van der Waals surface area (Å²) in [7, 11) is -2.79. The molecule has 0 amide bonds. The van der Waals surface area contributed by atoms with Crippen LogP contribution in [0.25, 0.3) is 0 Å². The maximum atomic E-state index is 15.1. The van der Waals surface area contributed by atoms with Crippen LogP contribution in [0.15, 0.2) is 60.7 Å². The standard InChI is InChI=1S/C21H25FO3Si/c1-20(2,3)26(17-10-6-4-7-11-17,18-12-8-5-9-13-18)25-16-21(22)14-19(23)24-15-21/h4-13H,14-16H2,1-3H3. The minimum atomic E-state index is -2.79. The van der Waals surface area contributed by atoms with Crippen LogP contribution in [0.3, 0.4) is 0 Å². The molecule has 3 nitrogen and oxygen atoms in total. The van der Waals surface area contributed by atoms with Crippen molar-refractivity contribution in [1.29, 1.82) is 0 Å². The number of halogens is 1. The Labute approximate surface area is 155 Å². The molecule has 1 saturated heterocycles. The third-order valence-corrected chi connectivity index (χ3v) is 9.90. The van der Waals surface area contributed by atoms with Crippen molar-refractivity contribution in [3.05, 3.63) is 60.7 Å². The fourth-order valence-electron chi connectivity index (χ4n) is 3.66. The SMILES string of the molecule is CC(C)(C)[Si](OCC1(F)COC(=O)C1)(c1ccccc1)c1ccccc1. The Morgan fingerprint density at radius 3 is 1.92 bits per heavy atom. The second-order valence-electron chi connectivity index (χ2n) is 7.94. The molecule has 0 aromatic heterocycles. The van der Waals surface area contributed by atoms with Gasteiger partial charge in [0.2, 0.25) is 0 Å². The van der Waals surface area contributed by atoms with Crippen molar-refractivity contribution in [3.63, 3.8) is 0 Å². The first-order valence-electron chi connectivity index (χ1n) is 8.86. The number of carbonyl (C=O) groups excluding carboxylic acids is 1. The number of hydrogen-bond donors (Lipinski definition) is 0. The topological polar surface area (TPSA) is 35.5 Å². The number of carbonyl (C=O) groups is 1. The van der Waals surface area contributed by atoms with E-state index in [9.17, 15) is 4.79 Å². The van der Waals surface area contributed by atoms with Crippen molar-refractivity contribution in [3.8, 4) is 0 Å². The molecule has 1 heterocycles. The molecule has 0 spiro atoms. The van der Waals surface area contributed by atoms with Gasteiger partial charge in [0.15, 0.2) is 5.67 Å². The largest absolute Gasteiger partial charge is 0.462 e. The van der Waals surface area contributed by atoms with Crippen molar-refractivity contribution in [2.75, 3.05) is 13.2 Å². The monoisotopic (exact) mass is 372 g/mol. The molecule has 0 bridgehead atoms. The Morgan fingerprint density at radius 1 is 1.04 bits per heavy atom. The first kappa shape index (κ1) is 18.8. The molecule has 0 saturated carbocycles. The van der Waals surface area contributed by atoms with Gasteiger partial charge in [0.25, 0.3) is 8.32 Å². The van der Waals surface area contributed by atoms with E-state index in [1.54, 1.807) is 0 Å². The fraction of sp³-hybridized carbons (Fsp3) is 0.381. The van der Waals surface area contributed by atoms with Gasteiger partial charge in [-0.3, -0.25) is 4.79 Å². The van der Waals surface area contributed by atoms with E-state index in [1.807, 2.05) is 36.4 Å². The molecule has 1 aliphatic heterocycles. The fourth-order valence-corrected chi connectivity index (χ4v) is 8.29. The Kier molecular flexibility index (Phi) is 5.04. The smallest absolute Gasteiger partial charge is 0.309 e. The van der Waals surface area contributed by atoms with Gasteiger partial charge in [-0.1, -0.05) is 81.4 Å². The average molecular weight is 373 g/mol. The molecule has 1 unspecified atom stereocenters. The van der Waals surface area contributed by atoms with Crippen molar-refractivity contribution in [2.45, 2.75) is 37.9 Å². The lowest BCUT2D eigenvalue weighted by Gasteiger charge is -2.43. The summed E-state index contributed by atoms with van der Waals surface area (Å²) < 4.78 is 26.4. The number of rotatable bonds is 5. The molecule has 0 aliphatic carbocycles. The van der Waals surface area contributed by atoms with Gasteiger partial charge in [0.1, 0.15) is 6.61 Å². The minimum Gasteiger partial charge on any atom is -0.462 e. The number of esters is 1. The lowest BCUT2D eigenvalue weighted by molar-refractivity contribution is -0.137. The lowest BCUT2D eigenvalue weighted by atomic mass is 10.1. The molecule has 2 aromatic carbocycles. The number of hydrogen-bond acceptors (Lipinski definition) is 3. The van der Waals surface area contributed by atoms with Crippen LogP contribution in [0, 0.1) is 0 Å². The second-order valence-corrected chi connectivity index (χ2v) is 12.2. The normalized spacial score (nSPS) is 20.8. The van der Waals surface area contributed by atoms with Gasteiger partial charge in [0, 0.05) is 0 Å². The van der Waals surface area contributed by atoms with Crippen molar-refractivity contribution in [1.82, 2.24) is 0 Å². The first-order chi connectivity index (χ1) is 12.3. The first-order valence-corrected chi connectivity index (χ1v) is 10.8. The van der Waals surface area contributed by atoms with E-state index in [0.717, 1.165) is 10.4 Å². The summed E-state index contributed by atoms with van der Waals surface area (Å²) in [6, 6.07) is 20.1. The highest BCUT2D eigenvalue weighted by atomic mass is 28.4. The molecule has 26 heavy (non-hydrogen) atoms.